The second kappa shape index (κ2) is 7.91. The van der Waals surface area contributed by atoms with Gasteiger partial charge in [0.25, 0.3) is 10.8 Å². The van der Waals surface area contributed by atoms with Crippen LogP contribution in [-0.4, -0.2) is 20.2 Å². The fourth-order valence-corrected chi connectivity index (χ4v) is 6.14. The standard InChI is InChI=1S/C23H24N4O2S2/c1-11-5-8-16-17(9-11)31-22-18(16)20(28)24-19(25-22)14(4)30-23-27-26-21(29-23)15-7-6-12(2)13(3)10-15/h6-7,10-11,14H,5,8-9H2,1-4H3,(H,24,25,28). The Morgan fingerprint density at radius 1 is 1.26 bits per heavy atom. The van der Waals surface area contributed by atoms with Gasteiger partial charge in [-0.05, 0) is 74.8 Å². The van der Waals surface area contributed by atoms with Crippen LogP contribution in [0.4, 0.5) is 0 Å². The van der Waals surface area contributed by atoms with Crippen LogP contribution in [0.2, 0.25) is 0 Å². The van der Waals surface area contributed by atoms with E-state index in [0.717, 1.165) is 35.0 Å². The van der Waals surface area contributed by atoms with E-state index < -0.39 is 0 Å². The van der Waals surface area contributed by atoms with E-state index in [-0.39, 0.29) is 10.8 Å². The fourth-order valence-electron chi connectivity index (χ4n) is 4.01. The first-order chi connectivity index (χ1) is 14.9. The van der Waals surface area contributed by atoms with Crippen molar-refractivity contribution in [2.24, 2.45) is 5.92 Å². The molecule has 2 atom stereocenters. The molecule has 1 aromatic carbocycles. The Bertz CT molecular complexity index is 1340. The molecule has 2 unspecified atom stereocenters. The number of nitrogens with zero attached hydrogens (tertiary/aromatic N) is 3. The molecule has 0 saturated carbocycles. The molecule has 0 saturated heterocycles. The quantitative estimate of drug-likeness (QED) is 0.404. The molecule has 31 heavy (non-hydrogen) atoms. The lowest BCUT2D eigenvalue weighted by Gasteiger charge is -2.17. The number of hydrogen-bond acceptors (Lipinski definition) is 7. The summed E-state index contributed by atoms with van der Waals surface area (Å²) in [6.45, 7) is 8.40. The van der Waals surface area contributed by atoms with E-state index in [1.165, 1.54) is 33.3 Å². The average molecular weight is 453 g/mol. The van der Waals surface area contributed by atoms with Crippen LogP contribution >= 0.6 is 23.1 Å². The van der Waals surface area contributed by atoms with Crippen molar-refractivity contribution < 1.29 is 4.42 Å². The second-order valence-corrected chi connectivity index (χ2v) is 10.8. The number of benzene rings is 1. The van der Waals surface area contributed by atoms with Crippen LogP contribution in [0.5, 0.6) is 0 Å². The summed E-state index contributed by atoms with van der Waals surface area (Å²) in [5.41, 5.74) is 4.47. The molecule has 3 aromatic heterocycles. The van der Waals surface area contributed by atoms with Crippen LogP contribution in [0.1, 0.15) is 52.9 Å². The summed E-state index contributed by atoms with van der Waals surface area (Å²) in [4.78, 5) is 22.8. The molecular weight excluding hydrogens is 428 g/mol. The highest BCUT2D eigenvalue weighted by Crippen LogP contribution is 2.38. The molecule has 0 radical (unpaired) electrons. The maximum atomic E-state index is 12.9. The van der Waals surface area contributed by atoms with Crippen molar-refractivity contribution in [3.8, 4) is 11.5 Å². The molecule has 160 valence electrons. The maximum Gasteiger partial charge on any atom is 0.277 e. The lowest BCUT2D eigenvalue weighted by molar-refractivity contribution is 0.465. The number of fused-ring (bicyclic) bond motifs is 3. The zero-order valence-electron chi connectivity index (χ0n) is 18.0. The van der Waals surface area contributed by atoms with Gasteiger partial charge in [0.15, 0.2) is 0 Å². The topological polar surface area (TPSA) is 84.7 Å². The largest absolute Gasteiger partial charge is 0.411 e. The van der Waals surface area contributed by atoms with Crippen molar-refractivity contribution in [3.05, 3.63) is 55.9 Å². The Morgan fingerprint density at radius 2 is 2.10 bits per heavy atom. The van der Waals surface area contributed by atoms with Crippen molar-refractivity contribution in [1.82, 2.24) is 20.2 Å². The van der Waals surface area contributed by atoms with Gasteiger partial charge in [-0.25, -0.2) is 4.98 Å². The van der Waals surface area contributed by atoms with Crippen LogP contribution in [0.3, 0.4) is 0 Å². The summed E-state index contributed by atoms with van der Waals surface area (Å²) in [5.74, 6) is 1.80. The van der Waals surface area contributed by atoms with E-state index in [1.807, 2.05) is 19.1 Å². The summed E-state index contributed by atoms with van der Waals surface area (Å²) in [6.07, 6.45) is 3.14. The van der Waals surface area contributed by atoms with Crippen molar-refractivity contribution in [2.75, 3.05) is 0 Å². The third-order valence-corrected chi connectivity index (χ3v) is 8.10. The zero-order chi connectivity index (χ0) is 21.7. The number of aromatic amines is 1. The molecule has 1 N–H and O–H groups in total. The van der Waals surface area contributed by atoms with Gasteiger partial charge in [0.2, 0.25) is 5.89 Å². The predicted octanol–water partition coefficient (Wildman–Crippen LogP) is 5.63. The molecule has 0 aliphatic heterocycles. The van der Waals surface area contributed by atoms with Gasteiger partial charge in [-0.15, -0.1) is 21.5 Å². The van der Waals surface area contributed by atoms with Gasteiger partial charge in [-0.1, -0.05) is 24.8 Å². The summed E-state index contributed by atoms with van der Waals surface area (Å²) in [6, 6.07) is 6.09. The monoisotopic (exact) mass is 452 g/mol. The zero-order valence-corrected chi connectivity index (χ0v) is 19.6. The second-order valence-electron chi connectivity index (χ2n) is 8.42. The van der Waals surface area contributed by atoms with Crippen molar-refractivity contribution in [1.29, 1.82) is 0 Å². The first-order valence-corrected chi connectivity index (χ1v) is 12.2. The molecule has 0 fully saturated rings. The molecule has 4 aromatic rings. The molecule has 0 spiro atoms. The van der Waals surface area contributed by atoms with Crippen molar-refractivity contribution in [2.45, 2.75) is 57.4 Å². The molecular formula is C23H24N4O2S2. The first kappa shape index (κ1) is 20.5. The van der Waals surface area contributed by atoms with Gasteiger partial charge in [0.1, 0.15) is 10.7 Å². The number of nitrogens with one attached hydrogen (secondary N) is 1. The van der Waals surface area contributed by atoms with E-state index >= 15 is 0 Å². The SMILES string of the molecule is Cc1ccc(-c2nnc(SC(C)c3nc4sc5c(c4c(=O)[nH]3)CCC(C)C5)o2)cc1C. The number of aryl methyl sites for hydroxylation is 3. The Balaban J connectivity index is 1.41. The Hall–Kier alpha value is -2.45. The summed E-state index contributed by atoms with van der Waals surface area (Å²) < 4.78 is 5.88. The molecule has 3 heterocycles. The van der Waals surface area contributed by atoms with Gasteiger partial charge < -0.3 is 9.40 Å². The number of hydrogen-bond donors (Lipinski definition) is 1. The van der Waals surface area contributed by atoms with Crippen molar-refractivity contribution in [3.63, 3.8) is 0 Å². The minimum absolute atomic E-state index is 0.0409. The van der Waals surface area contributed by atoms with Crippen LogP contribution in [0.15, 0.2) is 32.6 Å². The number of H-pyrrole nitrogens is 1. The van der Waals surface area contributed by atoms with Gasteiger partial charge in [-0.2, -0.15) is 0 Å². The highest BCUT2D eigenvalue weighted by Gasteiger charge is 2.24. The predicted molar refractivity (Wildman–Crippen MR) is 125 cm³/mol. The number of aromatic nitrogens is 4. The Labute approximate surface area is 188 Å². The third kappa shape index (κ3) is 3.83. The van der Waals surface area contributed by atoms with Gasteiger partial charge in [0, 0.05) is 10.4 Å². The molecule has 0 bridgehead atoms. The molecule has 1 aliphatic carbocycles. The highest BCUT2D eigenvalue weighted by molar-refractivity contribution is 7.99. The van der Waals surface area contributed by atoms with Gasteiger partial charge >= 0.3 is 0 Å². The van der Waals surface area contributed by atoms with Gasteiger partial charge in [0.05, 0.1) is 10.6 Å². The molecule has 1 aliphatic rings. The highest BCUT2D eigenvalue weighted by atomic mass is 32.2. The molecule has 8 heteroatoms. The maximum absolute atomic E-state index is 12.9. The average Bonchev–Trinajstić information content (AvgIpc) is 3.34. The lowest BCUT2D eigenvalue weighted by atomic mass is 9.89. The minimum atomic E-state index is -0.122. The van der Waals surface area contributed by atoms with E-state index in [4.69, 9.17) is 9.40 Å². The van der Waals surface area contributed by atoms with Crippen LogP contribution < -0.4 is 5.56 Å². The van der Waals surface area contributed by atoms with E-state index in [9.17, 15) is 4.79 Å². The smallest absolute Gasteiger partial charge is 0.277 e. The summed E-state index contributed by atoms with van der Waals surface area (Å²) >= 11 is 3.07. The van der Waals surface area contributed by atoms with Gasteiger partial charge in [-0.3, -0.25) is 4.79 Å². The minimum Gasteiger partial charge on any atom is -0.411 e. The van der Waals surface area contributed by atoms with E-state index in [2.05, 4.69) is 42.0 Å². The summed E-state index contributed by atoms with van der Waals surface area (Å²) in [7, 11) is 0. The number of rotatable bonds is 4. The van der Waals surface area contributed by atoms with E-state index in [1.54, 1.807) is 11.3 Å². The van der Waals surface area contributed by atoms with E-state index in [0.29, 0.717) is 22.9 Å². The number of thioether (sulfide) groups is 1. The van der Waals surface area contributed by atoms with Crippen molar-refractivity contribution >= 4 is 33.3 Å². The summed E-state index contributed by atoms with van der Waals surface area (Å²) in [5, 5.41) is 9.50. The fraction of sp³-hybridized carbons (Fsp3) is 0.391. The molecule has 6 nitrogen and oxygen atoms in total. The van der Waals surface area contributed by atoms with Crippen LogP contribution in [0.25, 0.3) is 21.7 Å². The number of thiophene rings is 1. The Kier molecular flexibility index (Phi) is 5.22. The lowest BCUT2D eigenvalue weighted by Crippen LogP contribution is -2.15. The van der Waals surface area contributed by atoms with Crippen LogP contribution in [-0.2, 0) is 12.8 Å². The first-order valence-electron chi connectivity index (χ1n) is 10.5. The van der Waals surface area contributed by atoms with Crippen LogP contribution in [0, 0.1) is 19.8 Å². The Morgan fingerprint density at radius 3 is 2.90 bits per heavy atom. The molecule has 5 rings (SSSR count). The third-order valence-electron chi connectivity index (χ3n) is 6.01. The normalized spacial score (nSPS) is 17.1. The molecule has 0 amide bonds.